The van der Waals surface area contributed by atoms with Crippen LogP contribution in [0.1, 0.15) is 13.3 Å². The molecule has 0 spiro atoms. The number of benzene rings is 2. The number of rotatable bonds is 2. The minimum atomic E-state index is -2.23. The van der Waals surface area contributed by atoms with Gasteiger partial charge in [-0.05, 0) is 41.8 Å². The van der Waals surface area contributed by atoms with Gasteiger partial charge < -0.3 is 15.2 Å². The Labute approximate surface area is 131 Å². The summed E-state index contributed by atoms with van der Waals surface area (Å²) >= 11 is -2.23. The van der Waals surface area contributed by atoms with Crippen molar-refractivity contribution in [2.24, 2.45) is 0 Å². The van der Waals surface area contributed by atoms with E-state index >= 15 is 0 Å². The molecule has 0 saturated heterocycles. The van der Waals surface area contributed by atoms with Gasteiger partial charge in [-0.3, -0.25) is 9.00 Å². The maximum absolute atomic E-state index is 11.8. The van der Waals surface area contributed by atoms with Gasteiger partial charge in [0.15, 0.2) is 0 Å². The molecule has 3 rings (SSSR count). The molecule has 2 aromatic carbocycles. The van der Waals surface area contributed by atoms with Gasteiger partial charge in [0.1, 0.15) is 0 Å². The zero-order valence-electron chi connectivity index (χ0n) is 12.0. The molecule has 5 nitrogen and oxygen atoms in total. The zero-order valence-corrected chi connectivity index (χ0v) is 12.8. The zero-order chi connectivity index (χ0) is 15.7. The first-order chi connectivity index (χ1) is 10.5. The van der Waals surface area contributed by atoms with Gasteiger partial charge in [-0.25, -0.2) is 0 Å². The molecule has 2 atom stereocenters. The largest absolute Gasteiger partial charge is 0.768 e. The van der Waals surface area contributed by atoms with Crippen LogP contribution in [0.3, 0.4) is 0 Å². The van der Waals surface area contributed by atoms with E-state index in [4.69, 9.17) is 0 Å². The Morgan fingerprint density at radius 2 is 1.91 bits per heavy atom. The second-order valence-electron chi connectivity index (χ2n) is 5.28. The van der Waals surface area contributed by atoms with E-state index in [1.165, 1.54) is 0 Å². The van der Waals surface area contributed by atoms with Gasteiger partial charge in [0.2, 0.25) is 5.91 Å². The van der Waals surface area contributed by atoms with Crippen molar-refractivity contribution < 1.29 is 13.6 Å². The highest BCUT2D eigenvalue weighted by Gasteiger charge is 2.20. The van der Waals surface area contributed by atoms with E-state index in [0.29, 0.717) is 6.42 Å². The van der Waals surface area contributed by atoms with Crippen LogP contribution >= 0.6 is 0 Å². The normalized spacial score (nSPS) is 18.6. The number of amides is 1. The van der Waals surface area contributed by atoms with Crippen molar-refractivity contribution in [2.45, 2.75) is 24.3 Å². The highest BCUT2D eigenvalue weighted by Crippen LogP contribution is 2.36. The van der Waals surface area contributed by atoms with Gasteiger partial charge in [-0.1, -0.05) is 24.3 Å². The molecule has 0 fully saturated rings. The van der Waals surface area contributed by atoms with E-state index in [1.54, 1.807) is 24.3 Å². The number of carbonyl (C=O) groups is 1. The summed E-state index contributed by atoms with van der Waals surface area (Å²) in [5.41, 5.74) is 3.41. The molecule has 1 amide bonds. The highest BCUT2D eigenvalue weighted by atomic mass is 32.2. The van der Waals surface area contributed by atoms with Crippen molar-refractivity contribution in [1.29, 1.82) is 0 Å². The maximum Gasteiger partial charge on any atom is 0.226 e. The predicted octanol–water partition coefficient (Wildman–Crippen LogP) is 2.73. The second-order valence-corrected chi connectivity index (χ2v) is 6.23. The maximum atomic E-state index is 11.8. The fraction of sp³-hybridized carbons (Fsp3) is 0.188. The number of hydrogen-bond donors (Lipinski definition) is 2. The van der Waals surface area contributed by atoms with Crippen molar-refractivity contribution >= 4 is 28.4 Å². The van der Waals surface area contributed by atoms with Crippen LogP contribution in [0.15, 0.2) is 47.4 Å². The predicted molar refractivity (Wildman–Crippen MR) is 85.4 cm³/mol. The lowest BCUT2D eigenvalue weighted by atomic mass is 10.0. The Hall–Kier alpha value is -2.18. The lowest BCUT2D eigenvalue weighted by Crippen LogP contribution is -2.19. The van der Waals surface area contributed by atoms with Gasteiger partial charge >= 0.3 is 0 Å². The van der Waals surface area contributed by atoms with Crippen LogP contribution in [0, 0.1) is 0 Å². The molecule has 0 radical (unpaired) electrons. The van der Waals surface area contributed by atoms with Crippen molar-refractivity contribution in [3.8, 4) is 11.1 Å². The molecule has 0 saturated carbocycles. The van der Waals surface area contributed by atoms with Crippen molar-refractivity contribution in [3.05, 3.63) is 42.5 Å². The van der Waals surface area contributed by atoms with Gasteiger partial charge in [-0.15, -0.1) is 0 Å². The summed E-state index contributed by atoms with van der Waals surface area (Å²) in [4.78, 5) is 12.1. The number of para-hydroxylation sites is 1. The molecule has 1 heterocycles. The lowest BCUT2D eigenvalue weighted by molar-refractivity contribution is -0.116. The van der Waals surface area contributed by atoms with Gasteiger partial charge in [-0.2, -0.15) is 0 Å². The lowest BCUT2D eigenvalue weighted by Gasteiger charge is -2.17. The highest BCUT2D eigenvalue weighted by molar-refractivity contribution is 7.79. The quantitative estimate of drug-likeness (QED) is 0.835. The van der Waals surface area contributed by atoms with Crippen LogP contribution in [-0.4, -0.2) is 20.7 Å². The SMILES string of the molecule is C[C@@H]1CC(=O)Nc2cccc(-c3ccc(S(=O)[O-])cc3)c2N1. The first kappa shape index (κ1) is 14.7. The number of hydrogen-bond acceptors (Lipinski definition) is 4. The molecular weight excluding hydrogens is 300 g/mol. The molecule has 1 unspecified atom stereocenters. The molecule has 114 valence electrons. The summed E-state index contributed by atoms with van der Waals surface area (Å²) < 4.78 is 21.9. The number of nitrogens with one attached hydrogen (secondary N) is 2. The van der Waals surface area contributed by atoms with Gasteiger partial charge in [0.05, 0.1) is 11.4 Å². The Morgan fingerprint density at radius 3 is 2.59 bits per heavy atom. The van der Waals surface area contributed by atoms with Gasteiger partial charge in [0, 0.05) is 22.9 Å². The summed E-state index contributed by atoms with van der Waals surface area (Å²) in [6.07, 6.45) is 0.405. The Kier molecular flexibility index (Phi) is 3.96. The Bertz CT molecular complexity index is 744. The first-order valence-corrected chi connectivity index (χ1v) is 8.01. The van der Waals surface area contributed by atoms with E-state index in [-0.39, 0.29) is 16.8 Å². The van der Waals surface area contributed by atoms with Crippen LogP contribution in [0.25, 0.3) is 11.1 Å². The van der Waals surface area contributed by atoms with Gasteiger partial charge in [0.25, 0.3) is 0 Å². The molecule has 6 heteroatoms. The second kappa shape index (κ2) is 5.90. The van der Waals surface area contributed by atoms with Crippen LogP contribution in [0.2, 0.25) is 0 Å². The van der Waals surface area contributed by atoms with Crippen LogP contribution in [0.5, 0.6) is 0 Å². The summed E-state index contributed by atoms with van der Waals surface area (Å²) in [6, 6.07) is 12.3. The minimum absolute atomic E-state index is 0.0204. The van der Waals surface area contributed by atoms with Crippen LogP contribution in [-0.2, 0) is 15.9 Å². The van der Waals surface area contributed by atoms with E-state index in [2.05, 4.69) is 10.6 Å². The fourth-order valence-electron chi connectivity index (χ4n) is 2.57. The van der Waals surface area contributed by atoms with Crippen molar-refractivity contribution in [2.75, 3.05) is 10.6 Å². The van der Waals surface area contributed by atoms with E-state index in [0.717, 1.165) is 22.5 Å². The topological polar surface area (TPSA) is 81.3 Å². The third kappa shape index (κ3) is 2.88. The molecule has 0 aliphatic carbocycles. The summed E-state index contributed by atoms with van der Waals surface area (Å²) in [6.45, 7) is 1.95. The molecule has 0 aromatic heterocycles. The number of anilines is 2. The Balaban J connectivity index is 2.06. The smallest absolute Gasteiger partial charge is 0.226 e. The summed E-state index contributed by atoms with van der Waals surface area (Å²) in [7, 11) is 0. The molecule has 1 aliphatic rings. The molecule has 22 heavy (non-hydrogen) atoms. The monoisotopic (exact) mass is 315 g/mol. The fourth-order valence-corrected chi connectivity index (χ4v) is 2.93. The first-order valence-electron chi connectivity index (χ1n) is 6.93. The van der Waals surface area contributed by atoms with E-state index in [9.17, 15) is 13.6 Å². The minimum Gasteiger partial charge on any atom is -0.768 e. The number of fused-ring (bicyclic) bond motifs is 1. The van der Waals surface area contributed by atoms with Crippen molar-refractivity contribution in [1.82, 2.24) is 0 Å². The van der Waals surface area contributed by atoms with E-state index < -0.39 is 11.1 Å². The average Bonchev–Trinajstić information content (AvgIpc) is 2.63. The molecule has 1 aliphatic heterocycles. The molecule has 2 N–H and O–H groups in total. The van der Waals surface area contributed by atoms with Crippen LogP contribution < -0.4 is 10.6 Å². The third-order valence-corrected chi connectivity index (χ3v) is 4.24. The molecular formula is C16H15N2O3S-. The van der Waals surface area contributed by atoms with Crippen molar-refractivity contribution in [3.63, 3.8) is 0 Å². The third-order valence-electron chi connectivity index (χ3n) is 3.58. The van der Waals surface area contributed by atoms with E-state index in [1.807, 2.05) is 25.1 Å². The molecule has 0 bridgehead atoms. The standard InChI is InChI=1S/C16H16N2O3S/c1-10-9-15(19)18-14-4-2-3-13(16(14)17-10)11-5-7-12(8-6-11)22(20)21/h2-8,10,17H,9H2,1H3,(H,18,19)(H,20,21)/p-1/t10-/m1/s1. The molecule has 2 aromatic rings. The summed E-state index contributed by atoms with van der Waals surface area (Å²) in [5.74, 6) is -0.0204. The summed E-state index contributed by atoms with van der Waals surface area (Å²) in [5, 5.41) is 6.24. The number of carbonyl (C=O) groups excluding carboxylic acids is 1. The average molecular weight is 315 g/mol. The Morgan fingerprint density at radius 1 is 1.18 bits per heavy atom. The van der Waals surface area contributed by atoms with Crippen LogP contribution in [0.4, 0.5) is 11.4 Å².